The van der Waals surface area contributed by atoms with Crippen LogP contribution in [0, 0.1) is 11.8 Å². The predicted octanol–water partition coefficient (Wildman–Crippen LogP) is 2.96. The maximum Gasteiger partial charge on any atom is 0.306 e. The Hall–Kier alpha value is -0.950. The van der Waals surface area contributed by atoms with Gasteiger partial charge in [0.2, 0.25) is 0 Å². The lowest BCUT2D eigenvalue weighted by atomic mass is 9.94. The van der Waals surface area contributed by atoms with Crippen LogP contribution in [0.4, 0.5) is 0 Å². The van der Waals surface area contributed by atoms with Crippen molar-refractivity contribution in [1.82, 2.24) is 0 Å². The number of carbonyl (C=O) groups excluding carboxylic acids is 1. The molecular weight excluding hydrogens is 360 g/mol. The quantitative estimate of drug-likeness (QED) is 0.234. The van der Waals surface area contributed by atoms with E-state index >= 15 is 0 Å². The van der Waals surface area contributed by atoms with Gasteiger partial charge in [0.25, 0.3) is 0 Å². The van der Waals surface area contributed by atoms with Gasteiger partial charge < -0.3 is 25.2 Å². The second kappa shape index (κ2) is 15.9. The third-order valence-corrected chi connectivity index (χ3v) is 4.98. The molecule has 0 bridgehead atoms. The van der Waals surface area contributed by atoms with Crippen LogP contribution in [0.3, 0.4) is 0 Å². The average Bonchev–Trinajstić information content (AvgIpc) is 2.64. The first-order valence-electron chi connectivity index (χ1n) is 10.6. The van der Waals surface area contributed by atoms with Gasteiger partial charge in [-0.05, 0) is 38.0 Å². The summed E-state index contributed by atoms with van der Waals surface area (Å²) in [6, 6.07) is 0. The highest BCUT2D eigenvalue weighted by molar-refractivity contribution is 5.69. The van der Waals surface area contributed by atoms with Crippen molar-refractivity contribution in [1.29, 1.82) is 0 Å². The highest BCUT2D eigenvalue weighted by Gasteiger charge is 2.25. The Morgan fingerprint density at radius 1 is 0.964 bits per heavy atom. The second-order valence-corrected chi connectivity index (χ2v) is 8.40. The molecular formula is C22H42O6. The molecule has 0 saturated carbocycles. The summed E-state index contributed by atoms with van der Waals surface area (Å²) in [5.74, 6) is 1.07. The highest BCUT2D eigenvalue weighted by Crippen LogP contribution is 2.19. The van der Waals surface area contributed by atoms with Crippen LogP contribution >= 0.6 is 0 Å². The van der Waals surface area contributed by atoms with Gasteiger partial charge in [-0.3, -0.25) is 4.79 Å². The van der Waals surface area contributed by atoms with Gasteiger partial charge >= 0.3 is 5.97 Å². The van der Waals surface area contributed by atoms with Gasteiger partial charge in [-0.2, -0.15) is 0 Å². The first-order valence-corrected chi connectivity index (χ1v) is 10.6. The fourth-order valence-corrected chi connectivity index (χ4v) is 3.00. The Morgan fingerprint density at radius 2 is 1.61 bits per heavy atom. The van der Waals surface area contributed by atoms with Crippen molar-refractivity contribution < 1.29 is 30.0 Å². The van der Waals surface area contributed by atoms with Gasteiger partial charge in [-0.25, -0.2) is 0 Å². The molecule has 0 aliphatic carbocycles. The number of ether oxygens (including phenoxy) is 1. The van der Waals surface area contributed by atoms with Gasteiger partial charge in [-0.15, -0.1) is 0 Å². The smallest absolute Gasteiger partial charge is 0.306 e. The molecule has 0 amide bonds. The zero-order valence-corrected chi connectivity index (χ0v) is 18.1. The Kier molecular flexibility index (Phi) is 15.4. The first kappa shape index (κ1) is 27.0. The molecule has 0 spiro atoms. The van der Waals surface area contributed by atoms with Crippen LogP contribution in [0.25, 0.3) is 0 Å². The van der Waals surface area contributed by atoms with Crippen LogP contribution in [-0.4, -0.2) is 57.9 Å². The van der Waals surface area contributed by atoms with E-state index in [1.165, 1.54) is 31.3 Å². The average molecular weight is 403 g/mol. The molecule has 0 aliphatic heterocycles. The van der Waals surface area contributed by atoms with E-state index in [9.17, 15) is 20.1 Å². The molecule has 1 unspecified atom stereocenters. The van der Waals surface area contributed by atoms with Gasteiger partial charge in [0.15, 0.2) is 0 Å². The van der Waals surface area contributed by atoms with Crippen molar-refractivity contribution in [2.45, 2.75) is 97.4 Å². The Morgan fingerprint density at radius 3 is 2.21 bits per heavy atom. The van der Waals surface area contributed by atoms with E-state index in [0.717, 1.165) is 24.7 Å². The van der Waals surface area contributed by atoms with Gasteiger partial charge in [-0.1, -0.05) is 58.1 Å². The fourth-order valence-electron chi connectivity index (χ4n) is 3.00. The topological polar surface area (TPSA) is 107 Å². The van der Waals surface area contributed by atoms with Gasteiger partial charge in [0.1, 0.15) is 24.9 Å². The number of allylic oxidation sites excluding steroid dienone is 2. The lowest BCUT2D eigenvalue weighted by molar-refractivity contribution is -0.152. The Labute approximate surface area is 170 Å². The summed E-state index contributed by atoms with van der Waals surface area (Å²) in [5, 5.41) is 37.0. The molecule has 0 rings (SSSR count). The summed E-state index contributed by atoms with van der Waals surface area (Å²) in [5.41, 5.74) is 1.27. The minimum absolute atomic E-state index is 0.203. The zero-order chi connectivity index (χ0) is 21.5. The Bertz CT molecular complexity index is 435. The maximum absolute atomic E-state index is 11.7. The van der Waals surface area contributed by atoms with Crippen molar-refractivity contribution in [2.24, 2.45) is 11.8 Å². The molecule has 28 heavy (non-hydrogen) atoms. The monoisotopic (exact) mass is 402 g/mol. The number of carbonyl (C=O) groups is 1. The van der Waals surface area contributed by atoms with E-state index in [2.05, 4.69) is 27.7 Å². The number of rotatable bonds is 16. The van der Waals surface area contributed by atoms with E-state index in [1.807, 2.05) is 6.08 Å². The third-order valence-electron chi connectivity index (χ3n) is 4.98. The lowest BCUT2D eigenvalue weighted by Gasteiger charge is -2.21. The maximum atomic E-state index is 11.7. The molecule has 0 saturated heterocycles. The van der Waals surface area contributed by atoms with Crippen molar-refractivity contribution in [3.63, 3.8) is 0 Å². The molecule has 0 aromatic heterocycles. The molecule has 0 fully saturated rings. The van der Waals surface area contributed by atoms with Crippen molar-refractivity contribution >= 4 is 5.97 Å². The van der Waals surface area contributed by atoms with Crippen molar-refractivity contribution in [3.05, 3.63) is 11.6 Å². The molecule has 0 radical (unpaired) electrons. The molecule has 6 nitrogen and oxygen atoms in total. The van der Waals surface area contributed by atoms with Crippen LogP contribution in [0.2, 0.25) is 0 Å². The van der Waals surface area contributed by atoms with E-state index in [4.69, 9.17) is 9.84 Å². The number of hydrogen-bond acceptors (Lipinski definition) is 6. The summed E-state index contributed by atoms with van der Waals surface area (Å²) in [7, 11) is 0. The van der Waals surface area contributed by atoms with Crippen LogP contribution < -0.4 is 0 Å². The van der Waals surface area contributed by atoms with Gasteiger partial charge in [0, 0.05) is 6.42 Å². The third kappa shape index (κ3) is 14.1. The number of aliphatic hydroxyl groups excluding tert-OH is 4. The van der Waals surface area contributed by atoms with Crippen LogP contribution in [0.15, 0.2) is 11.6 Å². The Balaban J connectivity index is 3.88. The number of hydrogen-bond donors (Lipinski definition) is 4. The molecule has 0 heterocycles. The lowest BCUT2D eigenvalue weighted by Crippen LogP contribution is -2.42. The molecule has 4 atom stereocenters. The van der Waals surface area contributed by atoms with E-state index < -0.39 is 37.5 Å². The van der Waals surface area contributed by atoms with Crippen LogP contribution in [0.5, 0.6) is 0 Å². The molecule has 0 aromatic carbocycles. The van der Waals surface area contributed by atoms with Crippen molar-refractivity contribution in [2.75, 3.05) is 13.2 Å². The van der Waals surface area contributed by atoms with E-state index in [0.29, 0.717) is 6.42 Å². The summed E-state index contributed by atoms with van der Waals surface area (Å²) < 4.78 is 4.90. The second-order valence-electron chi connectivity index (χ2n) is 8.40. The van der Waals surface area contributed by atoms with Gasteiger partial charge in [0.05, 0.1) is 6.61 Å². The summed E-state index contributed by atoms with van der Waals surface area (Å²) in [6.07, 6.45) is 5.72. The number of esters is 1. The predicted molar refractivity (Wildman–Crippen MR) is 111 cm³/mol. The summed E-state index contributed by atoms with van der Waals surface area (Å²) in [4.78, 5) is 11.7. The van der Waals surface area contributed by atoms with E-state index in [-0.39, 0.29) is 6.42 Å². The van der Waals surface area contributed by atoms with E-state index in [1.54, 1.807) is 0 Å². The SMILES string of the molecule is C/C(=C\CCC(=O)OC[C@H](O)[C@@H](O)[C@H](O)CO)CCCC(C)CCCC(C)C. The molecule has 0 aliphatic rings. The summed E-state index contributed by atoms with van der Waals surface area (Å²) in [6.45, 7) is 7.84. The molecule has 0 aromatic rings. The fraction of sp³-hybridized carbons (Fsp3) is 0.864. The van der Waals surface area contributed by atoms with Crippen LogP contribution in [-0.2, 0) is 9.53 Å². The normalized spacial score (nSPS) is 16.7. The molecule has 166 valence electrons. The number of aliphatic hydroxyl groups is 4. The first-order chi connectivity index (χ1) is 13.2. The molecule has 6 heteroatoms. The largest absolute Gasteiger partial charge is 0.463 e. The zero-order valence-electron chi connectivity index (χ0n) is 18.1. The molecule has 4 N–H and O–H groups in total. The van der Waals surface area contributed by atoms with Crippen molar-refractivity contribution in [3.8, 4) is 0 Å². The van der Waals surface area contributed by atoms with Crippen LogP contribution in [0.1, 0.15) is 79.1 Å². The standard InChI is InChI=1S/C22H42O6/c1-16(2)8-5-9-17(3)10-6-11-18(4)12-7-13-21(26)28-15-20(25)22(27)19(24)14-23/h12,16-17,19-20,22-25,27H,5-11,13-15H2,1-4H3/b18-12+/t17?,19-,20+,22+/m1/s1. The minimum Gasteiger partial charge on any atom is -0.463 e. The highest BCUT2D eigenvalue weighted by atomic mass is 16.5. The summed E-state index contributed by atoms with van der Waals surface area (Å²) >= 11 is 0. The minimum atomic E-state index is -1.55.